The predicted molar refractivity (Wildman–Crippen MR) is 73.8 cm³/mol. The third-order valence-corrected chi connectivity index (χ3v) is 3.02. The third kappa shape index (κ3) is 3.69. The standard InChI is InChI=1S/C12H20N4O4/c1-4-6-9-11(16(19)20)12(15(3)14-9)13-8(5-2)7-10(17)18/h8,13H,4-7H2,1-3H3,(H,17,18). The molecule has 1 atom stereocenters. The smallest absolute Gasteiger partial charge is 0.333 e. The molecule has 1 aromatic heterocycles. The Morgan fingerprint density at radius 1 is 1.55 bits per heavy atom. The molecule has 8 heteroatoms. The Balaban J connectivity index is 3.09. The summed E-state index contributed by atoms with van der Waals surface area (Å²) >= 11 is 0. The zero-order chi connectivity index (χ0) is 15.3. The summed E-state index contributed by atoms with van der Waals surface area (Å²) in [5.74, 6) is -0.672. The average Bonchev–Trinajstić information content (AvgIpc) is 2.65. The van der Waals surface area contributed by atoms with Gasteiger partial charge in [0.05, 0.1) is 11.3 Å². The van der Waals surface area contributed by atoms with Crippen molar-refractivity contribution in [3.8, 4) is 0 Å². The molecule has 0 saturated carbocycles. The summed E-state index contributed by atoms with van der Waals surface area (Å²) in [5, 5.41) is 27.1. The van der Waals surface area contributed by atoms with Gasteiger partial charge in [-0.1, -0.05) is 20.3 Å². The Labute approximate surface area is 116 Å². The van der Waals surface area contributed by atoms with E-state index >= 15 is 0 Å². The number of nitrogens with one attached hydrogen (secondary N) is 1. The van der Waals surface area contributed by atoms with Crippen molar-refractivity contribution in [2.45, 2.75) is 45.6 Å². The van der Waals surface area contributed by atoms with E-state index in [2.05, 4.69) is 10.4 Å². The number of aryl methyl sites for hydroxylation is 2. The second-order valence-corrected chi connectivity index (χ2v) is 4.62. The molecule has 1 unspecified atom stereocenters. The summed E-state index contributed by atoms with van der Waals surface area (Å²) in [6.45, 7) is 3.75. The van der Waals surface area contributed by atoms with Crippen LogP contribution < -0.4 is 5.32 Å². The molecule has 0 aliphatic rings. The van der Waals surface area contributed by atoms with Crippen LogP contribution in [0.2, 0.25) is 0 Å². The first-order valence-electron chi connectivity index (χ1n) is 6.59. The minimum atomic E-state index is -0.942. The molecule has 1 heterocycles. The van der Waals surface area contributed by atoms with Crippen molar-refractivity contribution in [3.63, 3.8) is 0 Å². The predicted octanol–water partition coefficient (Wildman–Crippen LogP) is 1.95. The van der Waals surface area contributed by atoms with E-state index in [-0.39, 0.29) is 24.0 Å². The minimum Gasteiger partial charge on any atom is -0.481 e. The number of carbonyl (C=O) groups is 1. The number of aliphatic carboxylic acids is 1. The first-order chi connectivity index (χ1) is 9.40. The molecule has 1 rings (SSSR count). The molecule has 112 valence electrons. The summed E-state index contributed by atoms with van der Waals surface area (Å²) in [5.41, 5.74) is 0.367. The molecule has 0 amide bonds. The van der Waals surface area contributed by atoms with E-state index in [9.17, 15) is 14.9 Å². The summed E-state index contributed by atoms with van der Waals surface area (Å²) in [6, 6.07) is -0.365. The molecule has 0 aromatic carbocycles. The monoisotopic (exact) mass is 284 g/mol. The lowest BCUT2D eigenvalue weighted by Gasteiger charge is -2.15. The fourth-order valence-electron chi connectivity index (χ4n) is 2.03. The Hall–Kier alpha value is -2.12. The van der Waals surface area contributed by atoms with Crippen molar-refractivity contribution < 1.29 is 14.8 Å². The van der Waals surface area contributed by atoms with Crippen molar-refractivity contribution >= 4 is 17.5 Å². The zero-order valence-electron chi connectivity index (χ0n) is 11.9. The van der Waals surface area contributed by atoms with Crippen LogP contribution in [0.3, 0.4) is 0 Å². The number of hydrogen-bond acceptors (Lipinski definition) is 5. The van der Waals surface area contributed by atoms with Crippen LogP contribution in [0.25, 0.3) is 0 Å². The molecule has 0 spiro atoms. The van der Waals surface area contributed by atoms with E-state index < -0.39 is 10.9 Å². The van der Waals surface area contributed by atoms with Gasteiger partial charge in [0.25, 0.3) is 0 Å². The van der Waals surface area contributed by atoms with Crippen LogP contribution in [0.5, 0.6) is 0 Å². The summed E-state index contributed by atoms with van der Waals surface area (Å²) in [7, 11) is 1.61. The van der Waals surface area contributed by atoms with Crippen molar-refractivity contribution in [1.82, 2.24) is 9.78 Å². The van der Waals surface area contributed by atoms with Crippen LogP contribution in [-0.4, -0.2) is 31.8 Å². The Morgan fingerprint density at radius 3 is 2.65 bits per heavy atom. The number of rotatable bonds is 8. The third-order valence-electron chi connectivity index (χ3n) is 3.02. The fraction of sp³-hybridized carbons (Fsp3) is 0.667. The zero-order valence-corrected chi connectivity index (χ0v) is 11.9. The number of aromatic nitrogens is 2. The minimum absolute atomic E-state index is 0.0572. The lowest BCUT2D eigenvalue weighted by atomic mass is 10.1. The van der Waals surface area contributed by atoms with Gasteiger partial charge in [-0.25, -0.2) is 4.68 Å². The van der Waals surface area contributed by atoms with Gasteiger partial charge in [0.15, 0.2) is 0 Å². The number of hydrogen-bond donors (Lipinski definition) is 2. The summed E-state index contributed by atoms with van der Waals surface area (Å²) < 4.78 is 1.41. The normalized spacial score (nSPS) is 12.2. The van der Waals surface area contributed by atoms with Gasteiger partial charge in [-0.05, 0) is 12.8 Å². The summed E-state index contributed by atoms with van der Waals surface area (Å²) in [6.07, 6.45) is 1.73. The van der Waals surface area contributed by atoms with E-state index in [1.54, 1.807) is 7.05 Å². The van der Waals surface area contributed by atoms with E-state index in [1.807, 2.05) is 13.8 Å². The van der Waals surface area contributed by atoms with E-state index in [1.165, 1.54) is 4.68 Å². The van der Waals surface area contributed by atoms with Crippen LogP contribution in [0.15, 0.2) is 0 Å². The molecule has 8 nitrogen and oxygen atoms in total. The molecule has 0 aliphatic heterocycles. The molecular weight excluding hydrogens is 264 g/mol. The number of carboxylic acids is 1. The van der Waals surface area contributed by atoms with Crippen LogP contribution in [-0.2, 0) is 18.3 Å². The molecule has 0 bridgehead atoms. The number of nitrogens with zero attached hydrogens (tertiary/aromatic N) is 3. The number of anilines is 1. The maximum Gasteiger partial charge on any atom is 0.333 e. The lowest BCUT2D eigenvalue weighted by molar-refractivity contribution is -0.384. The molecule has 1 aromatic rings. The topological polar surface area (TPSA) is 110 Å². The van der Waals surface area contributed by atoms with Crippen LogP contribution in [0.1, 0.15) is 38.8 Å². The van der Waals surface area contributed by atoms with Gasteiger partial charge in [0.1, 0.15) is 5.69 Å². The molecule has 2 N–H and O–H groups in total. The first kappa shape index (κ1) is 15.9. The average molecular weight is 284 g/mol. The van der Waals surface area contributed by atoms with Gasteiger partial charge < -0.3 is 10.4 Å². The van der Waals surface area contributed by atoms with Crippen molar-refractivity contribution in [2.75, 3.05) is 5.32 Å². The SMILES string of the molecule is CCCc1nn(C)c(NC(CC)CC(=O)O)c1[N+](=O)[O-]. The van der Waals surface area contributed by atoms with Gasteiger partial charge in [-0.3, -0.25) is 14.9 Å². The van der Waals surface area contributed by atoms with E-state index in [0.717, 1.165) is 6.42 Å². The molecular formula is C12H20N4O4. The second kappa shape index (κ2) is 6.88. The molecule has 0 radical (unpaired) electrons. The van der Waals surface area contributed by atoms with Gasteiger partial charge in [0, 0.05) is 13.1 Å². The Bertz CT molecular complexity index is 498. The van der Waals surface area contributed by atoms with E-state index in [0.29, 0.717) is 18.5 Å². The van der Waals surface area contributed by atoms with Gasteiger partial charge in [-0.2, -0.15) is 5.10 Å². The molecule has 0 fully saturated rings. The van der Waals surface area contributed by atoms with Gasteiger partial charge >= 0.3 is 11.7 Å². The van der Waals surface area contributed by atoms with Crippen LogP contribution >= 0.6 is 0 Å². The molecule has 20 heavy (non-hydrogen) atoms. The first-order valence-corrected chi connectivity index (χ1v) is 6.59. The van der Waals surface area contributed by atoms with Crippen LogP contribution in [0.4, 0.5) is 11.5 Å². The maximum absolute atomic E-state index is 11.2. The van der Waals surface area contributed by atoms with Crippen molar-refractivity contribution in [3.05, 3.63) is 15.8 Å². The largest absolute Gasteiger partial charge is 0.481 e. The number of nitro groups is 1. The quantitative estimate of drug-likeness (QED) is 0.557. The highest BCUT2D eigenvalue weighted by Gasteiger charge is 2.27. The molecule has 0 aliphatic carbocycles. The highest BCUT2D eigenvalue weighted by Crippen LogP contribution is 2.30. The molecule has 0 saturated heterocycles. The fourth-order valence-corrected chi connectivity index (χ4v) is 2.03. The van der Waals surface area contributed by atoms with Crippen molar-refractivity contribution in [2.24, 2.45) is 7.05 Å². The number of carboxylic acid groups (broad SMARTS) is 1. The highest BCUT2D eigenvalue weighted by molar-refractivity contribution is 5.69. The second-order valence-electron chi connectivity index (χ2n) is 4.62. The maximum atomic E-state index is 11.2. The van der Waals surface area contributed by atoms with Crippen molar-refractivity contribution in [1.29, 1.82) is 0 Å². The highest BCUT2D eigenvalue weighted by atomic mass is 16.6. The van der Waals surface area contributed by atoms with Crippen LogP contribution in [0, 0.1) is 10.1 Å². The Morgan fingerprint density at radius 2 is 2.20 bits per heavy atom. The van der Waals surface area contributed by atoms with Gasteiger partial charge in [-0.15, -0.1) is 0 Å². The van der Waals surface area contributed by atoms with E-state index in [4.69, 9.17) is 5.11 Å². The summed E-state index contributed by atoms with van der Waals surface area (Å²) in [4.78, 5) is 21.5. The lowest BCUT2D eigenvalue weighted by Crippen LogP contribution is -2.24. The van der Waals surface area contributed by atoms with Gasteiger partial charge in [0.2, 0.25) is 5.82 Å². The Kier molecular flexibility index (Phi) is 5.48.